The van der Waals surface area contributed by atoms with Gasteiger partial charge in [-0.25, -0.2) is 4.98 Å². The van der Waals surface area contributed by atoms with E-state index in [1.165, 1.54) is 11.5 Å². The first-order valence-corrected chi connectivity index (χ1v) is 6.49. The summed E-state index contributed by atoms with van der Waals surface area (Å²) >= 11 is 1.50. The Morgan fingerprint density at radius 3 is 2.69 bits per heavy atom. The van der Waals surface area contributed by atoms with E-state index in [9.17, 15) is 0 Å². The summed E-state index contributed by atoms with van der Waals surface area (Å²) in [7, 11) is 1.73. The average molecular weight is 243 g/mol. The molecular formula is C11H21N3OS. The summed E-state index contributed by atoms with van der Waals surface area (Å²) in [6.07, 6.45) is 0.895. The molecule has 92 valence electrons. The van der Waals surface area contributed by atoms with Crippen LogP contribution in [-0.2, 0) is 11.2 Å². The minimum Gasteiger partial charge on any atom is -0.383 e. The smallest absolute Gasteiger partial charge is 0.145 e. The lowest BCUT2D eigenvalue weighted by Gasteiger charge is -2.14. The molecule has 0 spiro atoms. The van der Waals surface area contributed by atoms with E-state index >= 15 is 0 Å². The fourth-order valence-electron chi connectivity index (χ4n) is 1.48. The number of hydrogen-bond donors (Lipinski definition) is 1. The average Bonchev–Trinajstić information content (AvgIpc) is 2.67. The Hall–Kier alpha value is -0.520. The van der Waals surface area contributed by atoms with Crippen molar-refractivity contribution < 1.29 is 4.74 Å². The largest absolute Gasteiger partial charge is 0.383 e. The van der Waals surface area contributed by atoms with Crippen molar-refractivity contribution in [2.45, 2.75) is 39.2 Å². The highest BCUT2D eigenvalue weighted by Gasteiger charge is 2.13. The Morgan fingerprint density at radius 2 is 2.19 bits per heavy atom. The number of hydrogen-bond acceptors (Lipinski definition) is 5. The van der Waals surface area contributed by atoms with Crippen LogP contribution in [0.5, 0.6) is 0 Å². The highest BCUT2D eigenvalue weighted by Crippen LogP contribution is 2.14. The lowest BCUT2D eigenvalue weighted by atomic mass is 10.2. The quantitative estimate of drug-likeness (QED) is 0.793. The summed E-state index contributed by atoms with van der Waals surface area (Å²) in [5, 5.41) is 4.47. The molecule has 0 amide bonds. The van der Waals surface area contributed by atoms with E-state index in [2.05, 4.69) is 35.4 Å². The fourth-order valence-corrected chi connectivity index (χ4v) is 2.34. The molecule has 1 heterocycles. The molecule has 1 unspecified atom stereocenters. The van der Waals surface area contributed by atoms with Crippen LogP contribution in [0.25, 0.3) is 0 Å². The molecule has 1 aromatic rings. The normalized spacial score (nSPS) is 13.3. The van der Waals surface area contributed by atoms with Gasteiger partial charge in [0.25, 0.3) is 0 Å². The third-order valence-corrected chi connectivity index (χ3v) is 3.03. The third-order valence-electron chi connectivity index (χ3n) is 2.28. The van der Waals surface area contributed by atoms with Crippen LogP contribution in [0.4, 0.5) is 0 Å². The molecule has 0 aliphatic heterocycles. The van der Waals surface area contributed by atoms with Gasteiger partial charge in [-0.1, -0.05) is 20.8 Å². The number of rotatable bonds is 7. The maximum absolute atomic E-state index is 5.18. The Balaban J connectivity index is 2.55. The molecule has 0 aliphatic carbocycles. The van der Waals surface area contributed by atoms with E-state index in [0.717, 1.165) is 23.8 Å². The van der Waals surface area contributed by atoms with E-state index in [4.69, 9.17) is 4.74 Å². The van der Waals surface area contributed by atoms with Crippen molar-refractivity contribution in [1.29, 1.82) is 0 Å². The van der Waals surface area contributed by atoms with Crippen molar-refractivity contribution in [3.05, 3.63) is 10.8 Å². The number of ether oxygens (including phenoxy) is 1. The van der Waals surface area contributed by atoms with Gasteiger partial charge in [0, 0.05) is 25.5 Å². The first-order valence-electron chi connectivity index (χ1n) is 5.72. The van der Waals surface area contributed by atoms with E-state index in [1.54, 1.807) is 7.11 Å². The molecule has 0 saturated heterocycles. The van der Waals surface area contributed by atoms with E-state index in [1.807, 2.05) is 0 Å². The summed E-state index contributed by atoms with van der Waals surface area (Å²) < 4.78 is 9.53. The van der Waals surface area contributed by atoms with Gasteiger partial charge in [0.15, 0.2) is 0 Å². The zero-order valence-corrected chi connectivity index (χ0v) is 11.3. The summed E-state index contributed by atoms with van der Waals surface area (Å²) in [6, 6.07) is 0.336. The zero-order valence-electron chi connectivity index (χ0n) is 10.5. The van der Waals surface area contributed by atoms with E-state index in [-0.39, 0.29) is 0 Å². The molecule has 5 heteroatoms. The minimum atomic E-state index is 0.336. The first-order chi connectivity index (χ1) is 7.67. The van der Waals surface area contributed by atoms with Crippen LogP contribution < -0.4 is 5.32 Å². The van der Waals surface area contributed by atoms with E-state index < -0.39 is 0 Å². The summed E-state index contributed by atoms with van der Waals surface area (Å²) in [5.41, 5.74) is 0. The van der Waals surface area contributed by atoms with Gasteiger partial charge in [-0.3, -0.25) is 0 Å². The molecular weight excluding hydrogens is 222 g/mol. The highest BCUT2D eigenvalue weighted by atomic mass is 32.1. The van der Waals surface area contributed by atoms with E-state index in [0.29, 0.717) is 18.6 Å². The lowest BCUT2D eigenvalue weighted by molar-refractivity contribution is 0.167. The number of nitrogens with zero attached hydrogens (tertiary/aromatic N) is 2. The third kappa shape index (κ3) is 4.15. The Labute approximate surface area is 102 Å². The maximum Gasteiger partial charge on any atom is 0.145 e. The molecule has 0 fully saturated rings. The predicted octanol–water partition coefficient (Wildman–Crippen LogP) is 1.83. The number of methoxy groups -OCH3 is 1. The van der Waals surface area contributed by atoms with Crippen molar-refractivity contribution in [3.8, 4) is 0 Å². The number of aromatic nitrogens is 2. The van der Waals surface area contributed by atoms with Crippen LogP contribution in [0.3, 0.4) is 0 Å². The second-order valence-electron chi connectivity index (χ2n) is 4.12. The van der Waals surface area contributed by atoms with Gasteiger partial charge >= 0.3 is 0 Å². The zero-order chi connectivity index (χ0) is 12.0. The topological polar surface area (TPSA) is 47.0 Å². The van der Waals surface area contributed by atoms with Crippen molar-refractivity contribution in [1.82, 2.24) is 14.7 Å². The summed E-state index contributed by atoms with van der Waals surface area (Å²) in [6.45, 7) is 7.99. The van der Waals surface area contributed by atoms with Crippen LogP contribution in [-0.4, -0.2) is 35.7 Å². The van der Waals surface area contributed by atoms with Crippen LogP contribution in [0.2, 0.25) is 0 Å². The van der Waals surface area contributed by atoms with Gasteiger partial charge in [-0.05, 0) is 18.1 Å². The molecule has 0 saturated carbocycles. The van der Waals surface area contributed by atoms with Crippen LogP contribution >= 0.6 is 11.5 Å². The fraction of sp³-hybridized carbons (Fsp3) is 0.818. The van der Waals surface area contributed by atoms with Crippen molar-refractivity contribution in [2.75, 3.05) is 20.3 Å². The molecule has 0 bridgehead atoms. The Morgan fingerprint density at radius 1 is 1.44 bits per heavy atom. The second kappa shape index (κ2) is 6.93. The lowest BCUT2D eigenvalue weighted by Crippen LogP contribution is -2.34. The molecule has 0 aromatic carbocycles. The monoisotopic (exact) mass is 243 g/mol. The Kier molecular flexibility index (Phi) is 5.87. The summed E-state index contributed by atoms with van der Waals surface area (Å²) in [5.74, 6) is 1.36. The molecule has 1 aromatic heterocycles. The van der Waals surface area contributed by atoms with Gasteiger partial charge in [-0.2, -0.15) is 4.37 Å². The van der Waals surface area contributed by atoms with Gasteiger partial charge in [0.2, 0.25) is 0 Å². The standard InChI is InChI=1S/C11H21N3OS/c1-5-12-9(7-15-4)6-10-13-11(8(2)3)14-16-10/h8-9,12H,5-7H2,1-4H3. The van der Waals surface area contributed by atoms with Gasteiger partial charge in [0.1, 0.15) is 10.8 Å². The first kappa shape index (κ1) is 13.5. The molecule has 1 rings (SSSR count). The predicted molar refractivity (Wildman–Crippen MR) is 67.0 cm³/mol. The molecule has 16 heavy (non-hydrogen) atoms. The number of likely N-dealkylation sites (N-methyl/N-ethyl adjacent to an activating group) is 1. The van der Waals surface area contributed by atoms with Crippen LogP contribution in [0.1, 0.15) is 37.5 Å². The maximum atomic E-state index is 5.18. The molecule has 4 nitrogen and oxygen atoms in total. The molecule has 1 N–H and O–H groups in total. The molecule has 0 radical (unpaired) electrons. The van der Waals surface area contributed by atoms with Gasteiger partial charge < -0.3 is 10.1 Å². The van der Waals surface area contributed by atoms with Gasteiger partial charge in [-0.15, -0.1) is 0 Å². The van der Waals surface area contributed by atoms with Crippen LogP contribution in [0.15, 0.2) is 0 Å². The second-order valence-corrected chi connectivity index (χ2v) is 4.95. The number of nitrogens with one attached hydrogen (secondary N) is 1. The van der Waals surface area contributed by atoms with Crippen molar-refractivity contribution in [2.24, 2.45) is 0 Å². The highest BCUT2D eigenvalue weighted by molar-refractivity contribution is 7.05. The van der Waals surface area contributed by atoms with Gasteiger partial charge in [0.05, 0.1) is 6.61 Å². The Bertz CT molecular complexity index is 295. The van der Waals surface area contributed by atoms with Crippen molar-refractivity contribution in [3.63, 3.8) is 0 Å². The SMILES string of the molecule is CCNC(COC)Cc1nc(C(C)C)ns1. The molecule has 1 atom stereocenters. The molecule has 0 aliphatic rings. The minimum absolute atomic E-state index is 0.336. The summed E-state index contributed by atoms with van der Waals surface area (Å²) in [4.78, 5) is 4.53. The van der Waals surface area contributed by atoms with Crippen molar-refractivity contribution >= 4 is 11.5 Å². The van der Waals surface area contributed by atoms with Crippen LogP contribution in [0, 0.1) is 0 Å².